The number of rotatable bonds is 3. The molecule has 2 N–H and O–H groups in total. The Kier molecular flexibility index (Phi) is 3.72. The molecule has 1 heterocycles. The van der Waals surface area contributed by atoms with Crippen molar-refractivity contribution in [3.8, 4) is 0 Å². The van der Waals surface area contributed by atoms with E-state index in [1.165, 1.54) is 6.07 Å². The predicted octanol–water partition coefficient (Wildman–Crippen LogP) is 1.96. The summed E-state index contributed by atoms with van der Waals surface area (Å²) in [5, 5.41) is 12.0. The zero-order valence-corrected chi connectivity index (χ0v) is 12.6. The number of nitrogens with one attached hydrogen (secondary N) is 1. The molecule has 0 unspecified atom stereocenters. The van der Waals surface area contributed by atoms with E-state index in [9.17, 15) is 9.59 Å². The van der Waals surface area contributed by atoms with Crippen molar-refractivity contribution in [1.82, 2.24) is 14.9 Å². The molecule has 2 aromatic rings. The maximum atomic E-state index is 12.1. The van der Waals surface area contributed by atoms with Gasteiger partial charge in [0.25, 0.3) is 0 Å². The lowest BCUT2D eigenvalue weighted by Gasteiger charge is -2.21. The molecule has 0 aliphatic rings. The summed E-state index contributed by atoms with van der Waals surface area (Å²) in [4.78, 5) is 27.5. The number of carboxylic acids is 1. The number of hydrogen-bond donors (Lipinski definition) is 2. The van der Waals surface area contributed by atoms with Gasteiger partial charge < -0.3 is 15.0 Å². The quantitative estimate of drug-likeness (QED) is 0.904. The number of benzene rings is 1. The minimum Gasteiger partial charge on any atom is -0.478 e. The summed E-state index contributed by atoms with van der Waals surface area (Å²) in [6, 6.07) is 4.71. The zero-order valence-electron chi connectivity index (χ0n) is 12.6. The molecule has 0 fully saturated rings. The lowest BCUT2D eigenvalue weighted by Crippen LogP contribution is -2.42. The Labute approximate surface area is 122 Å². The second-order valence-corrected chi connectivity index (χ2v) is 6.05. The molecule has 0 saturated carbocycles. The molecular weight excluding hydrogens is 270 g/mol. The van der Waals surface area contributed by atoms with Gasteiger partial charge >= 0.3 is 5.97 Å². The van der Waals surface area contributed by atoms with Gasteiger partial charge in [-0.15, -0.1) is 0 Å². The molecule has 0 saturated heterocycles. The minimum atomic E-state index is -0.999. The van der Waals surface area contributed by atoms with E-state index in [-0.39, 0.29) is 23.6 Å². The van der Waals surface area contributed by atoms with Crippen molar-refractivity contribution >= 4 is 22.9 Å². The molecule has 0 spiro atoms. The Bertz CT molecular complexity index is 711. The molecule has 2 rings (SSSR count). The van der Waals surface area contributed by atoms with E-state index in [0.29, 0.717) is 16.9 Å². The Hall–Kier alpha value is -2.37. The van der Waals surface area contributed by atoms with Crippen LogP contribution in [0.2, 0.25) is 0 Å². The molecule has 0 bridgehead atoms. The number of hydrogen-bond acceptors (Lipinski definition) is 3. The van der Waals surface area contributed by atoms with E-state index >= 15 is 0 Å². The normalized spacial score (nSPS) is 11.6. The third-order valence-electron chi connectivity index (χ3n) is 3.00. The molecule has 0 radical (unpaired) electrons. The molecule has 6 nitrogen and oxygen atoms in total. The van der Waals surface area contributed by atoms with Gasteiger partial charge in [0, 0.05) is 5.54 Å². The summed E-state index contributed by atoms with van der Waals surface area (Å²) in [7, 11) is 0. The molecule has 0 atom stereocenters. The number of aryl methyl sites for hydroxylation is 1. The number of carbonyl (C=O) groups is 2. The number of nitrogens with zero attached hydrogens (tertiary/aromatic N) is 2. The molecule has 6 heteroatoms. The van der Waals surface area contributed by atoms with E-state index in [2.05, 4.69) is 10.3 Å². The van der Waals surface area contributed by atoms with Crippen molar-refractivity contribution in [2.75, 3.05) is 0 Å². The fourth-order valence-electron chi connectivity index (χ4n) is 2.18. The van der Waals surface area contributed by atoms with Crippen LogP contribution in [-0.4, -0.2) is 32.1 Å². The van der Waals surface area contributed by atoms with Crippen molar-refractivity contribution in [3.05, 3.63) is 29.6 Å². The van der Waals surface area contributed by atoms with Crippen molar-refractivity contribution in [3.63, 3.8) is 0 Å². The number of carbonyl (C=O) groups excluding carboxylic acids is 1. The number of aromatic nitrogens is 2. The Morgan fingerprint density at radius 1 is 1.33 bits per heavy atom. The Morgan fingerprint density at radius 3 is 2.57 bits per heavy atom. The first-order valence-electron chi connectivity index (χ1n) is 6.68. The summed E-state index contributed by atoms with van der Waals surface area (Å²) in [6.07, 6.45) is 0. The van der Waals surface area contributed by atoms with Crippen molar-refractivity contribution in [1.29, 1.82) is 0 Å². The highest BCUT2D eigenvalue weighted by Gasteiger charge is 2.17. The summed E-state index contributed by atoms with van der Waals surface area (Å²) in [5.74, 6) is -0.455. The summed E-state index contributed by atoms with van der Waals surface area (Å²) >= 11 is 0. The average Bonchev–Trinajstić information content (AvgIpc) is 2.63. The van der Waals surface area contributed by atoms with Gasteiger partial charge in [0.15, 0.2) is 0 Å². The van der Waals surface area contributed by atoms with E-state index in [1.807, 2.05) is 20.8 Å². The van der Waals surface area contributed by atoms with Crippen molar-refractivity contribution < 1.29 is 14.7 Å². The smallest absolute Gasteiger partial charge is 0.335 e. The van der Waals surface area contributed by atoms with Crippen LogP contribution in [0, 0.1) is 6.92 Å². The number of fused-ring (bicyclic) bond motifs is 1. The fourth-order valence-corrected chi connectivity index (χ4v) is 2.18. The minimum absolute atomic E-state index is 0.114. The van der Waals surface area contributed by atoms with Crippen LogP contribution in [0.5, 0.6) is 0 Å². The van der Waals surface area contributed by atoms with Gasteiger partial charge in [-0.05, 0) is 45.9 Å². The largest absolute Gasteiger partial charge is 0.478 e. The molecule has 1 amide bonds. The van der Waals surface area contributed by atoms with Crippen LogP contribution in [0.4, 0.5) is 0 Å². The monoisotopic (exact) mass is 289 g/mol. The molecule has 1 aromatic heterocycles. The van der Waals surface area contributed by atoms with Crippen molar-refractivity contribution in [2.24, 2.45) is 0 Å². The first-order valence-corrected chi connectivity index (χ1v) is 6.68. The van der Waals surface area contributed by atoms with Gasteiger partial charge in [0.2, 0.25) is 5.91 Å². The maximum Gasteiger partial charge on any atom is 0.335 e. The highest BCUT2D eigenvalue weighted by Crippen LogP contribution is 2.18. The van der Waals surface area contributed by atoms with E-state index in [0.717, 1.165) is 0 Å². The highest BCUT2D eigenvalue weighted by molar-refractivity contribution is 5.93. The lowest BCUT2D eigenvalue weighted by atomic mass is 10.1. The van der Waals surface area contributed by atoms with E-state index < -0.39 is 5.97 Å². The number of amides is 1. The van der Waals surface area contributed by atoms with Gasteiger partial charge in [-0.2, -0.15) is 0 Å². The van der Waals surface area contributed by atoms with Gasteiger partial charge in [-0.3, -0.25) is 4.79 Å². The third-order valence-corrected chi connectivity index (χ3v) is 3.00. The molecule has 0 aliphatic carbocycles. The van der Waals surface area contributed by atoms with Gasteiger partial charge in [0.05, 0.1) is 16.6 Å². The molecule has 0 aliphatic heterocycles. The van der Waals surface area contributed by atoms with Gasteiger partial charge in [-0.25, -0.2) is 9.78 Å². The molecule has 1 aromatic carbocycles. The van der Waals surface area contributed by atoms with E-state index in [1.54, 1.807) is 23.6 Å². The first-order chi connectivity index (χ1) is 9.67. The van der Waals surface area contributed by atoms with Crippen LogP contribution in [0.1, 0.15) is 37.0 Å². The first kappa shape index (κ1) is 15.0. The van der Waals surface area contributed by atoms with Crippen LogP contribution in [-0.2, 0) is 11.3 Å². The van der Waals surface area contributed by atoms with Crippen LogP contribution in [0.3, 0.4) is 0 Å². The third kappa shape index (κ3) is 3.39. The SMILES string of the molecule is Cc1nc2ccc(C(=O)O)cc2n1CC(=O)NC(C)(C)C. The second kappa shape index (κ2) is 5.20. The molecule has 21 heavy (non-hydrogen) atoms. The van der Waals surface area contributed by atoms with Crippen molar-refractivity contribution in [2.45, 2.75) is 39.8 Å². The highest BCUT2D eigenvalue weighted by atomic mass is 16.4. The number of imidazole rings is 1. The van der Waals surface area contributed by atoms with E-state index in [4.69, 9.17) is 5.11 Å². The average molecular weight is 289 g/mol. The molecule has 112 valence electrons. The maximum absolute atomic E-state index is 12.1. The fraction of sp³-hybridized carbons (Fsp3) is 0.400. The Morgan fingerprint density at radius 2 is 2.00 bits per heavy atom. The van der Waals surface area contributed by atoms with Crippen LogP contribution in [0.15, 0.2) is 18.2 Å². The zero-order chi connectivity index (χ0) is 15.8. The number of aromatic carboxylic acids is 1. The van der Waals surface area contributed by atoms with Crippen LogP contribution in [0.25, 0.3) is 11.0 Å². The second-order valence-electron chi connectivity index (χ2n) is 6.05. The van der Waals surface area contributed by atoms with Crippen LogP contribution < -0.4 is 5.32 Å². The Balaban J connectivity index is 2.38. The topological polar surface area (TPSA) is 84.2 Å². The summed E-state index contributed by atoms with van der Waals surface area (Å²) < 4.78 is 1.73. The summed E-state index contributed by atoms with van der Waals surface area (Å²) in [6.45, 7) is 7.64. The number of carboxylic acid groups (broad SMARTS) is 1. The standard InChI is InChI=1S/C15H19N3O3/c1-9-16-11-6-5-10(14(20)21)7-12(11)18(9)8-13(19)17-15(2,3)4/h5-7H,8H2,1-4H3,(H,17,19)(H,20,21). The predicted molar refractivity (Wildman–Crippen MR) is 79.3 cm³/mol. The van der Waals surface area contributed by atoms with Crippen LogP contribution >= 0.6 is 0 Å². The lowest BCUT2D eigenvalue weighted by molar-refractivity contribution is -0.123. The van der Waals surface area contributed by atoms with Gasteiger partial charge in [0.1, 0.15) is 12.4 Å². The van der Waals surface area contributed by atoms with Gasteiger partial charge in [-0.1, -0.05) is 0 Å². The summed E-state index contributed by atoms with van der Waals surface area (Å²) in [5.41, 5.74) is 1.20. The molecular formula is C15H19N3O3.